The summed E-state index contributed by atoms with van der Waals surface area (Å²) in [7, 11) is 0. The van der Waals surface area contributed by atoms with Crippen LogP contribution in [0.2, 0.25) is 0 Å². The van der Waals surface area contributed by atoms with Gasteiger partial charge in [-0.25, -0.2) is 4.68 Å². The van der Waals surface area contributed by atoms with E-state index in [1.54, 1.807) is 0 Å². The zero-order chi connectivity index (χ0) is 15.4. The number of amides is 1. The van der Waals surface area contributed by atoms with Crippen molar-refractivity contribution in [1.82, 2.24) is 9.78 Å². The minimum atomic E-state index is -0.120. The SMILES string of the molecule is CC(=O)SCC1CC(=O)N(c2c(C#N)cnn2CCO)C1. The third-order valence-corrected chi connectivity index (χ3v) is 4.27. The van der Waals surface area contributed by atoms with Crippen LogP contribution < -0.4 is 4.90 Å². The van der Waals surface area contributed by atoms with Crippen molar-refractivity contribution in [2.75, 3.05) is 23.8 Å². The smallest absolute Gasteiger partial charge is 0.228 e. The van der Waals surface area contributed by atoms with Gasteiger partial charge in [0.25, 0.3) is 0 Å². The van der Waals surface area contributed by atoms with E-state index >= 15 is 0 Å². The Kier molecular flexibility index (Phi) is 4.98. The monoisotopic (exact) mass is 308 g/mol. The largest absolute Gasteiger partial charge is 0.394 e. The zero-order valence-corrected chi connectivity index (χ0v) is 12.5. The fourth-order valence-corrected chi connectivity index (χ4v) is 3.03. The second kappa shape index (κ2) is 6.74. The summed E-state index contributed by atoms with van der Waals surface area (Å²) in [5.41, 5.74) is 0.316. The van der Waals surface area contributed by atoms with Gasteiger partial charge in [-0.2, -0.15) is 10.4 Å². The van der Waals surface area contributed by atoms with E-state index < -0.39 is 0 Å². The number of hydrogen-bond acceptors (Lipinski definition) is 6. The lowest BCUT2D eigenvalue weighted by molar-refractivity contribution is -0.117. The topological polar surface area (TPSA) is 99.2 Å². The summed E-state index contributed by atoms with van der Waals surface area (Å²) in [4.78, 5) is 24.7. The van der Waals surface area contributed by atoms with E-state index in [4.69, 9.17) is 10.4 Å². The quantitative estimate of drug-likeness (QED) is 0.844. The van der Waals surface area contributed by atoms with Gasteiger partial charge in [-0.3, -0.25) is 14.5 Å². The number of carbonyl (C=O) groups excluding carboxylic acids is 2. The molecule has 1 N–H and O–H groups in total. The molecule has 1 aliphatic rings. The number of hydrogen-bond donors (Lipinski definition) is 1. The summed E-state index contributed by atoms with van der Waals surface area (Å²) in [6, 6.07) is 2.02. The molecule has 0 aliphatic carbocycles. The van der Waals surface area contributed by atoms with Crippen LogP contribution in [-0.2, 0) is 16.1 Å². The second-order valence-corrected chi connectivity index (χ2v) is 6.01. The summed E-state index contributed by atoms with van der Waals surface area (Å²) in [6.45, 7) is 2.08. The maximum Gasteiger partial charge on any atom is 0.228 e. The fourth-order valence-electron chi connectivity index (χ4n) is 2.33. The van der Waals surface area contributed by atoms with Gasteiger partial charge in [0.1, 0.15) is 11.6 Å². The van der Waals surface area contributed by atoms with Gasteiger partial charge in [-0.1, -0.05) is 11.8 Å². The lowest BCUT2D eigenvalue weighted by Gasteiger charge is -2.18. The van der Waals surface area contributed by atoms with Crippen LogP contribution in [0.4, 0.5) is 5.82 Å². The van der Waals surface area contributed by atoms with Gasteiger partial charge in [-0.05, 0) is 5.92 Å². The summed E-state index contributed by atoms with van der Waals surface area (Å²) in [6.07, 6.45) is 1.76. The number of nitrogens with zero attached hydrogens (tertiary/aromatic N) is 4. The van der Waals surface area contributed by atoms with E-state index in [-0.39, 0.29) is 30.1 Å². The zero-order valence-electron chi connectivity index (χ0n) is 11.7. The van der Waals surface area contributed by atoms with Crippen LogP contribution in [0.3, 0.4) is 0 Å². The first kappa shape index (κ1) is 15.5. The van der Waals surface area contributed by atoms with Gasteiger partial charge < -0.3 is 5.11 Å². The molecule has 1 saturated heterocycles. The van der Waals surface area contributed by atoms with Crippen molar-refractivity contribution >= 4 is 28.6 Å². The van der Waals surface area contributed by atoms with Crippen molar-refractivity contribution in [3.8, 4) is 6.07 Å². The van der Waals surface area contributed by atoms with Gasteiger partial charge in [0.2, 0.25) is 5.91 Å². The van der Waals surface area contributed by atoms with Gasteiger partial charge in [0.05, 0.1) is 19.3 Å². The molecule has 1 atom stereocenters. The van der Waals surface area contributed by atoms with Crippen molar-refractivity contribution in [2.45, 2.75) is 19.9 Å². The molecule has 1 aromatic rings. The maximum atomic E-state index is 12.2. The minimum Gasteiger partial charge on any atom is -0.394 e. The number of thioether (sulfide) groups is 1. The Balaban J connectivity index is 2.18. The number of aromatic nitrogens is 2. The molecule has 7 nitrogen and oxygen atoms in total. The van der Waals surface area contributed by atoms with Crippen LogP contribution in [0.1, 0.15) is 18.9 Å². The Bertz CT molecular complexity index is 593. The lowest BCUT2D eigenvalue weighted by atomic mass is 10.1. The predicted octanol–water partition coefficient (Wildman–Crippen LogP) is 0.380. The van der Waals surface area contributed by atoms with Gasteiger partial charge in [0.15, 0.2) is 10.9 Å². The van der Waals surface area contributed by atoms with Crippen LogP contribution in [-0.4, -0.2) is 44.8 Å². The van der Waals surface area contributed by atoms with Gasteiger partial charge in [-0.15, -0.1) is 0 Å². The standard InChI is InChI=1S/C13H16N4O3S/c1-9(19)21-8-10-4-12(20)16(7-10)13-11(5-14)6-15-17(13)2-3-18/h6,10,18H,2-4,7-8H2,1H3. The highest BCUT2D eigenvalue weighted by Gasteiger charge is 2.34. The van der Waals surface area contributed by atoms with Gasteiger partial charge in [0, 0.05) is 25.6 Å². The molecule has 1 unspecified atom stereocenters. The van der Waals surface area contributed by atoms with Crippen molar-refractivity contribution in [1.29, 1.82) is 5.26 Å². The van der Waals surface area contributed by atoms with E-state index in [9.17, 15) is 9.59 Å². The van der Waals surface area contributed by atoms with Crippen LogP contribution >= 0.6 is 11.8 Å². The Morgan fingerprint density at radius 2 is 2.43 bits per heavy atom. The normalized spacial score (nSPS) is 18.0. The third-order valence-electron chi connectivity index (χ3n) is 3.23. The van der Waals surface area contributed by atoms with Crippen molar-refractivity contribution < 1.29 is 14.7 Å². The number of nitriles is 1. The highest BCUT2D eigenvalue weighted by Crippen LogP contribution is 2.29. The highest BCUT2D eigenvalue weighted by atomic mass is 32.2. The minimum absolute atomic E-state index is 0.0314. The first-order chi connectivity index (χ1) is 10.1. The lowest BCUT2D eigenvalue weighted by Crippen LogP contribution is -2.28. The third kappa shape index (κ3) is 3.43. The number of aliphatic hydroxyl groups excluding tert-OH is 1. The number of rotatable bonds is 5. The molecule has 0 spiro atoms. The summed E-state index contributed by atoms with van der Waals surface area (Å²) in [5.74, 6) is 1.02. The fraction of sp³-hybridized carbons (Fsp3) is 0.538. The maximum absolute atomic E-state index is 12.2. The summed E-state index contributed by atoms with van der Waals surface area (Å²) < 4.78 is 1.47. The Hall–Kier alpha value is -1.85. The van der Waals surface area contributed by atoms with Crippen LogP contribution in [0.25, 0.3) is 0 Å². The number of anilines is 1. The number of aliphatic hydroxyl groups is 1. The number of carbonyl (C=O) groups is 2. The van der Waals surface area contributed by atoms with Gasteiger partial charge >= 0.3 is 0 Å². The average molecular weight is 308 g/mol. The first-order valence-electron chi connectivity index (χ1n) is 6.57. The predicted molar refractivity (Wildman–Crippen MR) is 77.6 cm³/mol. The summed E-state index contributed by atoms with van der Waals surface area (Å²) >= 11 is 1.21. The van der Waals surface area contributed by atoms with Crippen LogP contribution in [0.5, 0.6) is 0 Å². The Morgan fingerprint density at radius 1 is 1.67 bits per heavy atom. The molecule has 1 amide bonds. The average Bonchev–Trinajstić information content (AvgIpc) is 3.00. The van der Waals surface area contributed by atoms with E-state index in [1.165, 1.54) is 34.5 Å². The molecule has 8 heteroatoms. The molecule has 0 saturated carbocycles. The molecule has 112 valence electrons. The molecular weight excluding hydrogens is 292 g/mol. The molecule has 1 aliphatic heterocycles. The molecule has 0 aromatic carbocycles. The Morgan fingerprint density at radius 3 is 3.05 bits per heavy atom. The molecule has 21 heavy (non-hydrogen) atoms. The first-order valence-corrected chi connectivity index (χ1v) is 7.55. The molecule has 2 heterocycles. The Labute approximate surface area is 126 Å². The van der Waals surface area contributed by atoms with Crippen molar-refractivity contribution in [3.63, 3.8) is 0 Å². The molecule has 2 rings (SSSR count). The van der Waals surface area contributed by atoms with Crippen molar-refractivity contribution in [3.05, 3.63) is 11.8 Å². The van der Waals surface area contributed by atoms with E-state index in [0.29, 0.717) is 30.1 Å². The van der Waals surface area contributed by atoms with Crippen LogP contribution in [0, 0.1) is 17.2 Å². The van der Waals surface area contributed by atoms with E-state index in [0.717, 1.165) is 0 Å². The molecular formula is C13H16N4O3S. The molecule has 1 fully saturated rings. The summed E-state index contributed by atoms with van der Waals surface area (Å²) in [5, 5.41) is 22.2. The van der Waals surface area contributed by atoms with E-state index in [2.05, 4.69) is 5.10 Å². The van der Waals surface area contributed by atoms with E-state index in [1.807, 2.05) is 6.07 Å². The molecule has 1 aromatic heterocycles. The van der Waals surface area contributed by atoms with Crippen molar-refractivity contribution in [2.24, 2.45) is 5.92 Å². The van der Waals surface area contributed by atoms with Crippen LogP contribution in [0.15, 0.2) is 6.20 Å². The molecule has 0 radical (unpaired) electrons. The molecule has 0 bridgehead atoms. The highest BCUT2D eigenvalue weighted by molar-refractivity contribution is 8.13. The second-order valence-electron chi connectivity index (χ2n) is 4.82.